The van der Waals surface area contributed by atoms with Crippen molar-refractivity contribution in [2.45, 2.75) is 13.5 Å². The number of carbonyl (C=O) groups excluding carboxylic acids is 2. The summed E-state index contributed by atoms with van der Waals surface area (Å²) in [7, 11) is 0. The smallest absolute Gasteiger partial charge is 0.272 e. The molecule has 8 nitrogen and oxygen atoms in total. The molecule has 1 saturated heterocycles. The van der Waals surface area contributed by atoms with Gasteiger partial charge in [0.25, 0.3) is 5.91 Å². The summed E-state index contributed by atoms with van der Waals surface area (Å²) in [5.41, 5.74) is 1.48. The minimum atomic E-state index is -0.267. The minimum Gasteiger partial charge on any atom is -0.365 e. The van der Waals surface area contributed by atoms with E-state index in [1.165, 1.54) is 17.4 Å². The maximum Gasteiger partial charge on any atom is 0.272 e. The van der Waals surface area contributed by atoms with Crippen molar-refractivity contribution in [2.24, 2.45) is 0 Å². The summed E-state index contributed by atoms with van der Waals surface area (Å²) in [4.78, 5) is 37.5. The first kappa shape index (κ1) is 20.7. The predicted molar refractivity (Wildman–Crippen MR) is 115 cm³/mol. The van der Waals surface area contributed by atoms with Gasteiger partial charge in [-0.05, 0) is 24.6 Å². The monoisotopic (exact) mass is 412 g/mol. The zero-order valence-corrected chi connectivity index (χ0v) is 17.2. The highest BCUT2D eigenvalue weighted by molar-refractivity contribution is 7.15. The van der Waals surface area contributed by atoms with Crippen molar-refractivity contribution in [3.05, 3.63) is 59.9 Å². The summed E-state index contributed by atoms with van der Waals surface area (Å²) >= 11 is 1.45. The number of piperazine rings is 1. The van der Waals surface area contributed by atoms with Crippen LogP contribution in [0.15, 0.2) is 49.5 Å². The molecule has 1 aliphatic heterocycles. The van der Waals surface area contributed by atoms with Gasteiger partial charge in [-0.15, -0.1) is 11.3 Å². The van der Waals surface area contributed by atoms with Gasteiger partial charge in [0.2, 0.25) is 5.91 Å². The molecule has 3 heterocycles. The quantitative estimate of drug-likeness (QED) is 0.678. The lowest BCUT2D eigenvalue weighted by Gasteiger charge is -2.36. The van der Waals surface area contributed by atoms with E-state index in [1.807, 2.05) is 17.9 Å². The molecule has 2 amide bonds. The summed E-state index contributed by atoms with van der Waals surface area (Å²) in [5.74, 6) is 0.0157. The molecule has 152 valence electrons. The van der Waals surface area contributed by atoms with E-state index >= 15 is 0 Å². The first-order valence-corrected chi connectivity index (χ1v) is 10.0. The van der Waals surface area contributed by atoms with E-state index in [0.717, 1.165) is 30.1 Å². The fourth-order valence-corrected chi connectivity index (χ4v) is 3.72. The molecule has 1 fully saturated rings. The summed E-state index contributed by atoms with van der Waals surface area (Å²) in [5, 5.41) is 6.02. The van der Waals surface area contributed by atoms with Gasteiger partial charge in [0.15, 0.2) is 5.13 Å². The Labute approximate surface area is 174 Å². The molecule has 0 saturated carbocycles. The Kier molecular flexibility index (Phi) is 6.73. The molecule has 2 aromatic heterocycles. The number of nitrogens with zero attached hydrogens (tertiary/aromatic N) is 4. The molecule has 0 radical (unpaired) electrons. The lowest BCUT2D eigenvalue weighted by molar-refractivity contribution is -0.114. The van der Waals surface area contributed by atoms with Gasteiger partial charge in [-0.1, -0.05) is 19.2 Å². The van der Waals surface area contributed by atoms with E-state index in [9.17, 15) is 9.59 Å². The fraction of sp³-hybridized carbons (Fsp3) is 0.300. The molecule has 0 unspecified atom stereocenters. The van der Waals surface area contributed by atoms with Gasteiger partial charge in [0.05, 0.1) is 5.70 Å². The molecular weight excluding hydrogens is 388 g/mol. The molecule has 2 aromatic rings. The topological polar surface area (TPSA) is 90.5 Å². The van der Waals surface area contributed by atoms with Crippen LogP contribution in [0.4, 0.5) is 10.9 Å². The van der Waals surface area contributed by atoms with E-state index in [-0.39, 0.29) is 11.8 Å². The molecule has 0 spiro atoms. The number of amides is 2. The second-order valence-corrected chi connectivity index (χ2v) is 7.83. The lowest BCUT2D eigenvalue weighted by atomic mass is 10.2. The summed E-state index contributed by atoms with van der Waals surface area (Å²) in [6.07, 6.45) is 4.71. The van der Waals surface area contributed by atoms with Crippen LogP contribution in [0, 0.1) is 6.92 Å². The average molecular weight is 413 g/mol. The number of nitrogens with one attached hydrogen (secondary N) is 2. The van der Waals surface area contributed by atoms with E-state index in [2.05, 4.69) is 38.7 Å². The van der Waals surface area contributed by atoms with Crippen molar-refractivity contribution in [1.29, 1.82) is 0 Å². The highest BCUT2D eigenvalue weighted by Gasteiger charge is 2.22. The van der Waals surface area contributed by atoms with Crippen LogP contribution in [-0.4, -0.2) is 57.8 Å². The van der Waals surface area contributed by atoms with Crippen molar-refractivity contribution in [3.63, 3.8) is 0 Å². The Bertz CT molecular complexity index is 900. The molecule has 0 aliphatic carbocycles. The van der Waals surface area contributed by atoms with Gasteiger partial charge in [0, 0.05) is 50.0 Å². The number of aryl methyl sites for hydroxylation is 1. The number of hydrogen-bond acceptors (Lipinski definition) is 7. The Morgan fingerprint density at radius 1 is 1.17 bits per heavy atom. The van der Waals surface area contributed by atoms with Crippen molar-refractivity contribution in [3.8, 4) is 0 Å². The average Bonchev–Trinajstić information content (AvgIpc) is 3.16. The Balaban J connectivity index is 1.46. The predicted octanol–water partition coefficient (Wildman–Crippen LogP) is 2.24. The Morgan fingerprint density at radius 2 is 1.93 bits per heavy atom. The van der Waals surface area contributed by atoms with E-state index in [0.29, 0.717) is 29.7 Å². The van der Waals surface area contributed by atoms with Crippen LogP contribution in [0.3, 0.4) is 0 Å². The number of carbonyl (C=O) groups is 2. The van der Waals surface area contributed by atoms with Crippen LogP contribution in [0.2, 0.25) is 0 Å². The first-order valence-electron chi connectivity index (χ1n) is 9.23. The number of anilines is 2. The molecule has 1 aliphatic rings. The van der Waals surface area contributed by atoms with E-state index in [1.54, 1.807) is 18.5 Å². The number of rotatable bonds is 7. The molecule has 0 aromatic carbocycles. The third kappa shape index (κ3) is 5.72. The molecule has 2 N–H and O–H groups in total. The lowest BCUT2D eigenvalue weighted by Crippen LogP contribution is -2.46. The first-order chi connectivity index (χ1) is 13.9. The van der Waals surface area contributed by atoms with E-state index < -0.39 is 0 Å². The fourth-order valence-electron chi connectivity index (χ4n) is 2.86. The second kappa shape index (κ2) is 9.44. The number of aromatic nitrogens is 2. The number of thiazole rings is 1. The maximum atomic E-state index is 12.4. The van der Waals surface area contributed by atoms with E-state index in [4.69, 9.17) is 0 Å². The van der Waals surface area contributed by atoms with Crippen molar-refractivity contribution in [2.75, 3.05) is 36.8 Å². The summed E-state index contributed by atoms with van der Waals surface area (Å²) < 4.78 is 0. The zero-order chi connectivity index (χ0) is 20.8. The molecular formula is C20H24N6O2S. The Hall–Kier alpha value is -3.04. The SMILES string of the molecule is C=CC(=O)Nc1ncc(CN2CCN(C(=C)C(=O)Nc3ccc(C)cn3)CC2)s1. The molecule has 0 atom stereocenters. The Morgan fingerprint density at radius 3 is 2.59 bits per heavy atom. The zero-order valence-electron chi connectivity index (χ0n) is 16.4. The third-order valence-electron chi connectivity index (χ3n) is 4.52. The van der Waals surface area contributed by atoms with Gasteiger partial charge in [-0.2, -0.15) is 0 Å². The van der Waals surface area contributed by atoms with Crippen molar-refractivity contribution in [1.82, 2.24) is 19.8 Å². The number of pyridine rings is 1. The van der Waals surface area contributed by atoms with Crippen LogP contribution in [0.5, 0.6) is 0 Å². The van der Waals surface area contributed by atoms with Crippen LogP contribution in [0.25, 0.3) is 0 Å². The molecule has 29 heavy (non-hydrogen) atoms. The molecule has 3 rings (SSSR count). The largest absolute Gasteiger partial charge is 0.365 e. The van der Waals surface area contributed by atoms with Crippen LogP contribution in [0.1, 0.15) is 10.4 Å². The van der Waals surface area contributed by atoms with Crippen LogP contribution >= 0.6 is 11.3 Å². The molecule has 0 bridgehead atoms. The van der Waals surface area contributed by atoms with Crippen LogP contribution < -0.4 is 10.6 Å². The van der Waals surface area contributed by atoms with Crippen molar-refractivity contribution < 1.29 is 9.59 Å². The minimum absolute atomic E-state index is 0.236. The standard InChI is InChI=1S/C20H24N6O2S/c1-4-18(27)24-20-22-12-16(29-20)13-25-7-9-26(10-8-25)15(3)19(28)23-17-6-5-14(2)11-21-17/h4-6,11-12H,1,3,7-10,13H2,2H3,(H,21,23,28)(H,22,24,27). The highest BCUT2D eigenvalue weighted by Crippen LogP contribution is 2.21. The third-order valence-corrected chi connectivity index (χ3v) is 5.42. The summed E-state index contributed by atoms with van der Waals surface area (Å²) in [6, 6.07) is 3.68. The van der Waals surface area contributed by atoms with Gasteiger partial charge >= 0.3 is 0 Å². The van der Waals surface area contributed by atoms with Gasteiger partial charge in [0.1, 0.15) is 5.82 Å². The van der Waals surface area contributed by atoms with Gasteiger partial charge < -0.3 is 10.2 Å². The second-order valence-electron chi connectivity index (χ2n) is 6.71. The normalized spacial score (nSPS) is 14.3. The summed E-state index contributed by atoms with van der Waals surface area (Å²) in [6.45, 7) is 13.1. The van der Waals surface area contributed by atoms with Crippen LogP contribution in [-0.2, 0) is 16.1 Å². The van der Waals surface area contributed by atoms with Crippen molar-refractivity contribution >= 4 is 34.1 Å². The van der Waals surface area contributed by atoms with Gasteiger partial charge in [-0.3, -0.25) is 19.8 Å². The maximum absolute atomic E-state index is 12.4. The number of hydrogen-bond donors (Lipinski definition) is 2. The molecule has 9 heteroatoms. The highest BCUT2D eigenvalue weighted by atomic mass is 32.1. The van der Waals surface area contributed by atoms with Gasteiger partial charge in [-0.25, -0.2) is 9.97 Å².